The van der Waals surface area contributed by atoms with E-state index in [0.717, 1.165) is 16.7 Å². The Balaban J connectivity index is 0.000000353. The normalized spacial score (nSPS) is 12.4. The van der Waals surface area contributed by atoms with Crippen LogP contribution in [0.5, 0.6) is 0 Å². The van der Waals surface area contributed by atoms with Crippen molar-refractivity contribution in [3.05, 3.63) is 142 Å². The van der Waals surface area contributed by atoms with Gasteiger partial charge in [-0.05, 0) is 43.0 Å². The van der Waals surface area contributed by atoms with Gasteiger partial charge in [0.1, 0.15) is 10.0 Å². The second-order valence-corrected chi connectivity index (χ2v) is 10.9. The van der Waals surface area contributed by atoms with E-state index in [9.17, 15) is 8.42 Å². The number of hydrogen-bond acceptors (Lipinski definition) is 3. The number of benzene rings is 4. The van der Waals surface area contributed by atoms with Crippen LogP contribution >= 0.6 is 9.69 Å². The van der Waals surface area contributed by atoms with Crippen molar-refractivity contribution in [2.45, 2.75) is 50.6 Å². The standard InChI is InChI=1S/C21H21N2O2S.C10H14.ClH.Ru/c1-16-12-14-19(15-13-16)26(24,25)23-21(18-10-6-3-7-11-18)20(22)17-8-4-2-5-9-17;1-8(2)10-6-4-9(3)5-7-10;;/h2-15,20-21H,22H2,1H3;4-8H,1-3H3;1H;/q-1;;;+2/p-1/t20-,21-;;;/m0.../s1. The third-order valence-electron chi connectivity index (χ3n) is 5.98. The Morgan fingerprint density at radius 1 is 0.658 bits per heavy atom. The van der Waals surface area contributed by atoms with Crippen LogP contribution in [0, 0.1) is 13.8 Å². The SMILES string of the molecule is Cc1ccc(C(C)C)cc1.Cc1ccc(S(=O)(=O)[N-][C@@H](c2ccccc2)[C@@H](N)c2ccccc2)cc1.[Cl][Ru+]. The van der Waals surface area contributed by atoms with E-state index >= 15 is 0 Å². The van der Waals surface area contributed by atoms with E-state index in [-0.39, 0.29) is 4.90 Å². The van der Waals surface area contributed by atoms with Crippen LogP contribution in [-0.2, 0) is 27.3 Å². The summed E-state index contributed by atoms with van der Waals surface area (Å²) >= 11 is 1.82. The minimum atomic E-state index is -3.83. The number of rotatable bonds is 7. The Labute approximate surface area is 242 Å². The van der Waals surface area contributed by atoms with Crippen LogP contribution < -0.4 is 5.73 Å². The van der Waals surface area contributed by atoms with Crippen molar-refractivity contribution >= 4 is 19.7 Å². The van der Waals surface area contributed by atoms with Crippen LogP contribution in [0.4, 0.5) is 0 Å². The molecule has 0 unspecified atom stereocenters. The molecule has 0 heterocycles. The van der Waals surface area contributed by atoms with Gasteiger partial charge in [-0.2, -0.15) is 0 Å². The molecule has 0 saturated carbocycles. The molecule has 4 nitrogen and oxygen atoms in total. The summed E-state index contributed by atoms with van der Waals surface area (Å²) in [5.41, 5.74) is 11.8. The summed E-state index contributed by atoms with van der Waals surface area (Å²) < 4.78 is 29.9. The molecule has 0 amide bonds. The van der Waals surface area contributed by atoms with Crippen LogP contribution in [0.1, 0.15) is 59.7 Å². The van der Waals surface area contributed by atoms with Gasteiger partial charge >= 0.3 is 27.0 Å². The minimum absolute atomic E-state index is 0.171. The molecule has 0 aliphatic rings. The van der Waals surface area contributed by atoms with Gasteiger partial charge in [0.25, 0.3) is 0 Å². The van der Waals surface area contributed by atoms with Crippen LogP contribution in [-0.4, -0.2) is 8.42 Å². The van der Waals surface area contributed by atoms with E-state index in [0.29, 0.717) is 5.92 Å². The first-order chi connectivity index (χ1) is 18.2. The van der Waals surface area contributed by atoms with Crippen LogP contribution in [0.3, 0.4) is 0 Å². The zero-order valence-electron chi connectivity index (χ0n) is 22.1. The molecule has 0 aliphatic heterocycles. The van der Waals surface area contributed by atoms with Gasteiger partial charge in [-0.3, -0.25) is 0 Å². The van der Waals surface area contributed by atoms with Crippen LogP contribution in [0.2, 0.25) is 0 Å². The summed E-state index contributed by atoms with van der Waals surface area (Å²) in [4.78, 5) is 0.171. The Hall–Kier alpha value is -2.34. The molecule has 202 valence electrons. The van der Waals surface area contributed by atoms with Crippen molar-refractivity contribution in [3.8, 4) is 0 Å². The predicted octanol–water partition coefficient (Wildman–Crippen LogP) is 8.30. The summed E-state index contributed by atoms with van der Waals surface area (Å²) in [7, 11) is 0.736. The van der Waals surface area contributed by atoms with Gasteiger partial charge in [0.15, 0.2) is 0 Å². The fraction of sp³-hybridized carbons (Fsp3) is 0.226. The summed E-state index contributed by atoms with van der Waals surface area (Å²) in [6, 6.07) is 32.8. The van der Waals surface area contributed by atoms with Gasteiger partial charge in [-0.15, -0.1) is 0 Å². The molecule has 0 aliphatic carbocycles. The van der Waals surface area contributed by atoms with Gasteiger partial charge in [-0.1, -0.05) is 134 Å². The molecular formula is C31H35ClN2O2RuS. The number of nitrogens with zero attached hydrogens (tertiary/aromatic N) is 1. The quantitative estimate of drug-likeness (QED) is 0.208. The molecule has 38 heavy (non-hydrogen) atoms. The number of nitrogens with two attached hydrogens (primary N) is 1. The predicted molar refractivity (Wildman–Crippen MR) is 155 cm³/mol. The van der Waals surface area contributed by atoms with Crippen LogP contribution in [0.15, 0.2) is 114 Å². The molecule has 4 aromatic rings. The van der Waals surface area contributed by atoms with Crippen molar-refractivity contribution in [1.29, 1.82) is 0 Å². The molecular weight excluding hydrogens is 601 g/mol. The molecule has 0 aromatic heterocycles. The number of halogens is 1. The first-order valence-electron chi connectivity index (χ1n) is 12.3. The zero-order chi connectivity index (χ0) is 28.1. The number of aryl methyl sites for hydroxylation is 2. The van der Waals surface area contributed by atoms with Gasteiger partial charge in [0.05, 0.1) is 0 Å². The summed E-state index contributed by atoms with van der Waals surface area (Å²) in [6.07, 6.45) is 0. The van der Waals surface area contributed by atoms with Gasteiger partial charge in [0.2, 0.25) is 0 Å². The number of sulfonamides is 1. The van der Waals surface area contributed by atoms with Crippen molar-refractivity contribution in [1.82, 2.24) is 0 Å². The van der Waals surface area contributed by atoms with Gasteiger partial charge in [-0.25, -0.2) is 8.42 Å². The van der Waals surface area contributed by atoms with Crippen LogP contribution in [0.25, 0.3) is 4.72 Å². The third-order valence-corrected chi connectivity index (χ3v) is 7.35. The van der Waals surface area contributed by atoms with Gasteiger partial charge in [0, 0.05) is 10.9 Å². The molecule has 2 atom stereocenters. The fourth-order valence-corrected chi connectivity index (χ4v) is 4.87. The van der Waals surface area contributed by atoms with E-state index < -0.39 is 22.1 Å². The van der Waals surface area contributed by atoms with Crippen molar-refractivity contribution in [2.75, 3.05) is 0 Å². The zero-order valence-corrected chi connectivity index (χ0v) is 25.4. The van der Waals surface area contributed by atoms with E-state index in [4.69, 9.17) is 5.73 Å². The van der Waals surface area contributed by atoms with E-state index in [1.165, 1.54) is 11.1 Å². The van der Waals surface area contributed by atoms with Crippen molar-refractivity contribution < 1.29 is 25.7 Å². The first-order valence-corrected chi connectivity index (χ1v) is 15.9. The summed E-state index contributed by atoms with van der Waals surface area (Å²) in [5.74, 6) is 0.653. The van der Waals surface area contributed by atoms with Crippen molar-refractivity contribution in [2.24, 2.45) is 5.73 Å². The van der Waals surface area contributed by atoms with Gasteiger partial charge < -0.3 is 10.5 Å². The molecule has 0 bridgehead atoms. The molecule has 0 spiro atoms. The first kappa shape index (κ1) is 31.9. The van der Waals surface area contributed by atoms with E-state index in [1.807, 2.05) is 84.9 Å². The Morgan fingerprint density at radius 3 is 1.53 bits per heavy atom. The molecule has 0 saturated heterocycles. The molecule has 2 N–H and O–H groups in total. The second-order valence-electron chi connectivity index (χ2n) is 9.25. The molecule has 7 heteroatoms. The maximum absolute atomic E-state index is 12.8. The van der Waals surface area contributed by atoms with Crippen molar-refractivity contribution in [3.63, 3.8) is 0 Å². The second kappa shape index (κ2) is 15.9. The third kappa shape index (κ3) is 9.76. The maximum atomic E-state index is 12.8. The molecule has 0 radical (unpaired) electrons. The summed E-state index contributed by atoms with van der Waals surface area (Å²) in [6.45, 7) is 8.45. The fourth-order valence-electron chi connectivity index (χ4n) is 3.71. The molecule has 0 fully saturated rings. The average Bonchev–Trinajstić information content (AvgIpc) is 2.94. The van der Waals surface area contributed by atoms with E-state index in [2.05, 4.69) is 59.4 Å². The monoisotopic (exact) mass is 636 g/mol. The Bertz CT molecular complexity index is 1320. The summed E-state index contributed by atoms with van der Waals surface area (Å²) in [5, 5.41) is 0. The Kier molecular flexibility index (Phi) is 13.4. The Morgan fingerprint density at radius 2 is 1.08 bits per heavy atom. The number of hydrogen-bond donors (Lipinski definition) is 1. The molecule has 4 aromatic carbocycles. The topological polar surface area (TPSA) is 74.3 Å². The average molecular weight is 636 g/mol. The van der Waals surface area contributed by atoms with E-state index in [1.54, 1.807) is 24.3 Å². The molecule has 4 rings (SSSR count).